The average molecular weight is 343 g/mol. The molecule has 3 rings (SSSR count). The third-order valence-corrected chi connectivity index (χ3v) is 5.83. The lowest BCUT2D eigenvalue weighted by atomic mass is 10.2. The van der Waals surface area contributed by atoms with Gasteiger partial charge in [-0.15, -0.1) is 0 Å². The van der Waals surface area contributed by atoms with Gasteiger partial charge in [0.25, 0.3) is 5.69 Å². The molecular weight excluding hydrogens is 326 g/mol. The van der Waals surface area contributed by atoms with E-state index < -0.39 is 20.6 Å². The number of hydrogen-bond donors (Lipinski definition) is 0. The molecule has 0 amide bonds. The maximum atomic E-state index is 12.8. The molecular formula is C13H17N3O6S. The van der Waals surface area contributed by atoms with Gasteiger partial charge < -0.3 is 14.4 Å². The van der Waals surface area contributed by atoms with Gasteiger partial charge in [0.1, 0.15) is 13.2 Å². The topological polar surface area (TPSA) is 102 Å². The third-order valence-electron chi connectivity index (χ3n) is 3.90. The van der Waals surface area contributed by atoms with Gasteiger partial charge in [0.15, 0.2) is 16.4 Å². The van der Waals surface area contributed by atoms with Crippen molar-refractivity contribution in [3.05, 3.63) is 22.2 Å². The van der Waals surface area contributed by atoms with E-state index in [4.69, 9.17) is 9.47 Å². The van der Waals surface area contributed by atoms with Crippen LogP contribution in [0, 0.1) is 10.1 Å². The number of nitrogens with zero attached hydrogens (tertiary/aromatic N) is 3. The van der Waals surface area contributed by atoms with Crippen LogP contribution in [0.15, 0.2) is 17.0 Å². The molecule has 126 valence electrons. The summed E-state index contributed by atoms with van der Waals surface area (Å²) in [4.78, 5) is 12.3. The van der Waals surface area contributed by atoms with Crippen LogP contribution >= 0.6 is 0 Å². The van der Waals surface area contributed by atoms with Gasteiger partial charge in [-0.1, -0.05) is 0 Å². The van der Waals surface area contributed by atoms with Crippen LogP contribution in [0.1, 0.15) is 0 Å². The summed E-state index contributed by atoms with van der Waals surface area (Å²) in [7, 11) is -2.07. The summed E-state index contributed by atoms with van der Waals surface area (Å²) in [6.45, 7) is 2.30. The summed E-state index contributed by atoms with van der Waals surface area (Å²) >= 11 is 0. The summed E-state index contributed by atoms with van der Waals surface area (Å²) in [5.74, 6) is 0.412. The van der Waals surface area contributed by atoms with Gasteiger partial charge >= 0.3 is 0 Å². The molecule has 2 heterocycles. The summed E-state index contributed by atoms with van der Waals surface area (Å²) in [5, 5.41) is 11.3. The Morgan fingerprint density at radius 2 is 1.65 bits per heavy atom. The fourth-order valence-corrected chi connectivity index (χ4v) is 4.15. The van der Waals surface area contributed by atoms with Crippen LogP contribution in [0.25, 0.3) is 0 Å². The molecule has 0 N–H and O–H groups in total. The second kappa shape index (κ2) is 5.95. The molecule has 0 saturated carbocycles. The number of rotatable bonds is 3. The van der Waals surface area contributed by atoms with Gasteiger partial charge in [-0.25, -0.2) is 8.42 Å². The maximum absolute atomic E-state index is 12.8. The van der Waals surface area contributed by atoms with E-state index in [0.717, 1.165) is 6.07 Å². The number of hydrogen-bond acceptors (Lipinski definition) is 7. The van der Waals surface area contributed by atoms with E-state index in [2.05, 4.69) is 0 Å². The zero-order valence-corrected chi connectivity index (χ0v) is 13.4. The predicted octanol–water partition coefficient (Wildman–Crippen LogP) is 0.302. The molecule has 1 aromatic rings. The van der Waals surface area contributed by atoms with Crippen LogP contribution < -0.4 is 9.47 Å². The molecule has 0 atom stereocenters. The highest BCUT2D eigenvalue weighted by atomic mass is 32.2. The smallest absolute Gasteiger partial charge is 0.293 e. The van der Waals surface area contributed by atoms with E-state index in [1.807, 2.05) is 11.9 Å². The van der Waals surface area contributed by atoms with Crippen LogP contribution in [0.3, 0.4) is 0 Å². The molecule has 0 unspecified atom stereocenters. The van der Waals surface area contributed by atoms with Gasteiger partial charge in [0.05, 0.1) is 11.0 Å². The Morgan fingerprint density at radius 3 is 2.22 bits per heavy atom. The highest BCUT2D eigenvalue weighted by Crippen LogP contribution is 2.39. The van der Waals surface area contributed by atoms with Crippen LogP contribution in [0.2, 0.25) is 0 Å². The molecule has 0 aliphatic carbocycles. The molecule has 9 nitrogen and oxygen atoms in total. The fraction of sp³-hybridized carbons (Fsp3) is 0.538. The first-order valence-corrected chi connectivity index (χ1v) is 8.60. The lowest BCUT2D eigenvalue weighted by molar-refractivity contribution is -0.388. The second-order valence-corrected chi connectivity index (χ2v) is 7.33. The van der Waals surface area contributed by atoms with Crippen molar-refractivity contribution in [1.29, 1.82) is 0 Å². The monoisotopic (exact) mass is 343 g/mol. The number of nitro benzene ring substituents is 1. The predicted molar refractivity (Wildman–Crippen MR) is 80.3 cm³/mol. The van der Waals surface area contributed by atoms with E-state index in [1.54, 1.807) is 0 Å². The summed E-state index contributed by atoms with van der Waals surface area (Å²) < 4.78 is 37.5. The van der Waals surface area contributed by atoms with Crippen molar-refractivity contribution in [1.82, 2.24) is 9.21 Å². The fourth-order valence-electron chi connectivity index (χ4n) is 2.58. The van der Waals surface area contributed by atoms with Crippen molar-refractivity contribution in [3.63, 3.8) is 0 Å². The molecule has 0 spiro atoms. The molecule has 0 aromatic heterocycles. The molecule has 2 aliphatic heterocycles. The molecule has 1 saturated heterocycles. The molecule has 0 bridgehead atoms. The van der Waals surface area contributed by atoms with Gasteiger partial charge in [-0.2, -0.15) is 4.31 Å². The van der Waals surface area contributed by atoms with E-state index in [-0.39, 0.29) is 29.6 Å². The van der Waals surface area contributed by atoms with Crippen molar-refractivity contribution in [3.8, 4) is 11.5 Å². The minimum absolute atomic E-state index is 0.195. The van der Waals surface area contributed by atoms with Crippen LogP contribution in [0.5, 0.6) is 11.5 Å². The van der Waals surface area contributed by atoms with Gasteiger partial charge in [-0.3, -0.25) is 10.1 Å². The van der Waals surface area contributed by atoms with Crippen LogP contribution in [-0.4, -0.2) is 69.0 Å². The number of benzene rings is 1. The zero-order valence-electron chi connectivity index (χ0n) is 12.6. The standard InChI is InChI=1S/C13H17N3O6S/c1-14-2-4-15(5-3-14)23(19,20)13-9-12-11(21-6-7-22-12)8-10(13)16(17)18/h8-9H,2-7H2,1H3. The van der Waals surface area contributed by atoms with E-state index in [1.165, 1.54) is 10.4 Å². The SMILES string of the molecule is CN1CCN(S(=O)(=O)c2cc3c(cc2[N+](=O)[O-])OCCO3)CC1. The van der Waals surface area contributed by atoms with E-state index in [0.29, 0.717) is 26.2 Å². The Labute approximate surface area is 133 Å². The number of ether oxygens (including phenoxy) is 2. The Bertz CT molecular complexity index is 727. The van der Waals surface area contributed by atoms with Gasteiger partial charge in [0, 0.05) is 32.2 Å². The lowest BCUT2D eigenvalue weighted by Crippen LogP contribution is -2.47. The minimum Gasteiger partial charge on any atom is -0.486 e. The molecule has 2 aliphatic rings. The molecule has 1 aromatic carbocycles. The Balaban J connectivity index is 2.05. The molecule has 23 heavy (non-hydrogen) atoms. The Hall–Kier alpha value is -1.91. The van der Waals surface area contributed by atoms with E-state index >= 15 is 0 Å². The number of fused-ring (bicyclic) bond motifs is 1. The number of nitro groups is 1. The van der Waals surface area contributed by atoms with Crippen molar-refractivity contribution >= 4 is 15.7 Å². The molecule has 1 fully saturated rings. The van der Waals surface area contributed by atoms with Gasteiger partial charge in [-0.05, 0) is 7.05 Å². The highest BCUT2D eigenvalue weighted by molar-refractivity contribution is 7.89. The second-order valence-electron chi connectivity index (χ2n) is 5.43. The number of sulfonamides is 1. The molecule has 10 heteroatoms. The molecule has 0 radical (unpaired) electrons. The van der Waals surface area contributed by atoms with E-state index in [9.17, 15) is 18.5 Å². The van der Waals surface area contributed by atoms with Crippen molar-refractivity contribution in [2.45, 2.75) is 4.90 Å². The van der Waals surface area contributed by atoms with Crippen LogP contribution in [0.4, 0.5) is 5.69 Å². The lowest BCUT2D eigenvalue weighted by Gasteiger charge is -2.31. The van der Waals surface area contributed by atoms with Crippen molar-refractivity contribution < 1.29 is 22.8 Å². The highest BCUT2D eigenvalue weighted by Gasteiger charge is 2.35. The normalized spacial score (nSPS) is 19.5. The minimum atomic E-state index is -3.97. The summed E-state index contributed by atoms with van der Waals surface area (Å²) in [6, 6.07) is 2.32. The van der Waals surface area contributed by atoms with Gasteiger partial charge in [0.2, 0.25) is 10.0 Å². The quantitative estimate of drug-likeness (QED) is 0.574. The Kier molecular flexibility index (Phi) is 4.13. The first-order chi connectivity index (χ1) is 10.9. The zero-order chi connectivity index (χ0) is 16.6. The first-order valence-electron chi connectivity index (χ1n) is 7.16. The number of likely N-dealkylation sites (N-methyl/N-ethyl adjacent to an activating group) is 1. The van der Waals surface area contributed by atoms with Crippen LogP contribution in [-0.2, 0) is 10.0 Å². The summed E-state index contributed by atoms with van der Waals surface area (Å²) in [5.41, 5.74) is -0.492. The average Bonchev–Trinajstić information content (AvgIpc) is 2.54. The maximum Gasteiger partial charge on any atom is 0.293 e. The van der Waals surface area contributed by atoms with Crippen molar-refractivity contribution in [2.24, 2.45) is 0 Å². The third kappa shape index (κ3) is 2.96. The largest absolute Gasteiger partial charge is 0.486 e. The summed E-state index contributed by atoms with van der Waals surface area (Å²) in [6.07, 6.45) is 0. The number of piperazine rings is 1. The first kappa shape index (κ1) is 16.0. The van der Waals surface area contributed by atoms with Crippen molar-refractivity contribution in [2.75, 3.05) is 46.4 Å². The Morgan fingerprint density at radius 1 is 1.09 bits per heavy atom.